The lowest BCUT2D eigenvalue weighted by molar-refractivity contribution is 0.0701. The van der Waals surface area contributed by atoms with Gasteiger partial charge in [-0.2, -0.15) is 0 Å². The Morgan fingerprint density at radius 2 is 2.16 bits per heavy atom. The van der Waals surface area contributed by atoms with Crippen LogP contribution in [0.1, 0.15) is 54.3 Å². The topological polar surface area (TPSA) is 49.3 Å². The molecular weight excluding hydrogens is 258 g/mol. The second-order valence-corrected chi connectivity index (χ2v) is 6.59. The van der Waals surface area contributed by atoms with Gasteiger partial charge in [-0.15, -0.1) is 11.3 Å². The summed E-state index contributed by atoms with van der Waals surface area (Å²) in [5.41, 5.74) is 0.912. The van der Waals surface area contributed by atoms with Gasteiger partial charge in [0.15, 0.2) is 0 Å². The van der Waals surface area contributed by atoms with E-state index in [0.29, 0.717) is 11.4 Å². The van der Waals surface area contributed by atoms with E-state index in [1.165, 1.54) is 43.4 Å². The standard InChI is InChI=1S/C15H23NO2S/c1-11-2-4-12(5-3-11)6-8-16-10-13-7-9-19-14(13)15(17)18/h7,9,11-12,16H,2-6,8,10H2,1H3,(H,17,18). The molecule has 0 aromatic carbocycles. The van der Waals surface area contributed by atoms with Gasteiger partial charge in [-0.3, -0.25) is 0 Å². The van der Waals surface area contributed by atoms with Gasteiger partial charge < -0.3 is 10.4 Å². The highest BCUT2D eigenvalue weighted by molar-refractivity contribution is 7.12. The van der Waals surface area contributed by atoms with Crippen LogP contribution in [0.5, 0.6) is 0 Å². The fourth-order valence-corrected chi connectivity index (χ4v) is 3.57. The van der Waals surface area contributed by atoms with Crippen molar-refractivity contribution in [1.82, 2.24) is 5.32 Å². The minimum Gasteiger partial charge on any atom is -0.477 e. The Kier molecular flexibility index (Phi) is 5.40. The maximum atomic E-state index is 11.0. The summed E-state index contributed by atoms with van der Waals surface area (Å²) >= 11 is 1.30. The molecule has 1 aliphatic carbocycles. The van der Waals surface area contributed by atoms with Gasteiger partial charge in [-0.1, -0.05) is 32.6 Å². The van der Waals surface area contributed by atoms with Gasteiger partial charge in [0.25, 0.3) is 0 Å². The van der Waals surface area contributed by atoms with Crippen molar-refractivity contribution >= 4 is 17.3 Å². The van der Waals surface area contributed by atoms with Crippen LogP contribution in [-0.2, 0) is 6.54 Å². The molecule has 0 amide bonds. The first-order chi connectivity index (χ1) is 9.16. The third kappa shape index (κ3) is 4.32. The molecule has 3 nitrogen and oxygen atoms in total. The van der Waals surface area contributed by atoms with Crippen LogP contribution in [-0.4, -0.2) is 17.6 Å². The number of aromatic carboxylic acids is 1. The number of hydrogen-bond acceptors (Lipinski definition) is 3. The number of carbonyl (C=O) groups is 1. The normalized spacial score (nSPS) is 23.4. The molecule has 2 rings (SSSR count). The Hall–Kier alpha value is -0.870. The third-order valence-electron chi connectivity index (χ3n) is 4.12. The molecule has 2 N–H and O–H groups in total. The van der Waals surface area contributed by atoms with Crippen LogP contribution in [0, 0.1) is 11.8 Å². The zero-order valence-electron chi connectivity index (χ0n) is 11.5. The quantitative estimate of drug-likeness (QED) is 0.781. The molecule has 1 aliphatic rings. The molecule has 0 atom stereocenters. The number of rotatable bonds is 6. The molecule has 0 radical (unpaired) electrons. The molecule has 1 aromatic heterocycles. The monoisotopic (exact) mass is 281 g/mol. The van der Waals surface area contributed by atoms with E-state index in [9.17, 15) is 4.79 Å². The Morgan fingerprint density at radius 1 is 1.42 bits per heavy atom. The molecular formula is C15H23NO2S. The van der Waals surface area contributed by atoms with Crippen molar-refractivity contribution in [3.63, 3.8) is 0 Å². The molecule has 1 aromatic rings. The molecule has 0 aliphatic heterocycles. The zero-order chi connectivity index (χ0) is 13.7. The Balaban J connectivity index is 1.66. The van der Waals surface area contributed by atoms with Crippen LogP contribution in [0.25, 0.3) is 0 Å². The lowest BCUT2D eigenvalue weighted by Gasteiger charge is -2.26. The van der Waals surface area contributed by atoms with Gasteiger partial charge in [0.2, 0.25) is 0 Å². The molecule has 1 saturated carbocycles. The average Bonchev–Trinajstić information content (AvgIpc) is 2.85. The third-order valence-corrected chi connectivity index (χ3v) is 5.07. The maximum absolute atomic E-state index is 11.0. The maximum Gasteiger partial charge on any atom is 0.346 e. The van der Waals surface area contributed by atoms with Crippen LogP contribution >= 0.6 is 11.3 Å². The van der Waals surface area contributed by atoms with E-state index in [2.05, 4.69) is 12.2 Å². The van der Waals surface area contributed by atoms with Gasteiger partial charge in [0.05, 0.1) is 0 Å². The summed E-state index contributed by atoms with van der Waals surface area (Å²) in [7, 11) is 0. The molecule has 106 valence electrons. The van der Waals surface area contributed by atoms with E-state index in [0.717, 1.165) is 23.9 Å². The number of carboxylic acids is 1. The van der Waals surface area contributed by atoms with Crippen molar-refractivity contribution in [2.24, 2.45) is 11.8 Å². The first-order valence-electron chi connectivity index (χ1n) is 7.17. The summed E-state index contributed by atoms with van der Waals surface area (Å²) in [5, 5.41) is 14.3. The van der Waals surface area contributed by atoms with Crippen molar-refractivity contribution in [1.29, 1.82) is 0 Å². The summed E-state index contributed by atoms with van der Waals surface area (Å²) < 4.78 is 0. The molecule has 0 saturated heterocycles. The summed E-state index contributed by atoms with van der Waals surface area (Å²) in [4.78, 5) is 11.4. The van der Waals surface area contributed by atoms with E-state index >= 15 is 0 Å². The Bertz CT molecular complexity index is 408. The predicted molar refractivity (Wildman–Crippen MR) is 78.7 cm³/mol. The first kappa shape index (κ1) is 14.5. The zero-order valence-corrected chi connectivity index (χ0v) is 12.3. The van der Waals surface area contributed by atoms with Crippen LogP contribution < -0.4 is 5.32 Å². The van der Waals surface area contributed by atoms with Crippen molar-refractivity contribution < 1.29 is 9.90 Å². The van der Waals surface area contributed by atoms with Gasteiger partial charge in [-0.25, -0.2) is 4.79 Å². The molecule has 0 spiro atoms. The lowest BCUT2D eigenvalue weighted by Crippen LogP contribution is -2.21. The summed E-state index contributed by atoms with van der Waals surface area (Å²) in [6.45, 7) is 4.01. The second kappa shape index (κ2) is 7.06. The highest BCUT2D eigenvalue weighted by Crippen LogP contribution is 2.29. The number of carboxylic acid groups (broad SMARTS) is 1. The van der Waals surface area contributed by atoms with Crippen molar-refractivity contribution in [3.8, 4) is 0 Å². The van der Waals surface area contributed by atoms with E-state index in [1.54, 1.807) is 0 Å². The van der Waals surface area contributed by atoms with Gasteiger partial charge >= 0.3 is 5.97 Å². The number of thiophene rings is 1. The number of nitrogens with one attached hydrogen (secondary N) is 1. The van der Waals surface area contributed by atoms with Crippen LogP contribution in [0.2, 0.25) is 0 Å². The fraction of sp³-hybridized carbons (Fsp3) is 0.667. The highest BCUT2D eigenvalue weighted by atomic mass is 32.1. The molecule has 1 fully saturated rings. The lowest BCUT2D eigenvalue weighted by atomic mass is 9.81. The van der Waals surface area contributed by atoms with Crippen molar-refractivity contribution in [2.45, 2.75) is 45.6 Å². The van der Waals surface area contributed by atoms with Gasteiger partial charge in [-0.05, 0) is 41.8 Å². The van der Waals surface area contributed by atoms with E-state index in [4.69, 9.17) is 5.11 Å². The van der Waals surface area contributed by atoms with Crippen molar-refractivity contribution in [3.05, 3.63) is 21.9 Å². The van der Waals surface area contributed by atoms with Gasteiger partial charge in [0, 0.05) is 6.54 Å². The molecule has 0 unspecified atom stereocenters. The molecule has 19 heavy (non-hydrogen) atoms. The SMILES string of the molecule is CC1CCC(CCNCc2ccsc2C(=O)O)CC1. The average molecular weight is 281 g/mol. The van der Waals surface area contributed by atoms with E-state index in [1.807, 2.05) is 11.4 Å². The summed E-state index contributed by atoms with van der Waals surface area (Å²) in [6.07, 6.45) is 6.69. The predicted octanol–water partition coefficient (Wildman–Crippen LogP) is 3.75. The largest absolute Gasteiger partial charge is 0.477 e. The van der Waals surface area contributed by atoms with Gasteiger partial charge in [0.1, 0.15) is 4.88 Å². The van der Waals surface area contributed by atoms with Crippen molar-refractivity contribution in [2.75, 3.05) is 6.54 Å². The minimum absolute atomic E-state index is 0.471. The smallest absolute Gasteiger partial charge is 0.346 e. The minimum atomic E-state index is -0.812. The van der Waals surface area contributed by atoms with E-state index in [-0.39, 0.29) is 0 Å². The highest BCUT2D eigenvalue weighted by Gasteiger charge is 2.17. The summed E-state index contributed by atoms with van der Waals surface area (Å²) in [6, 6.07) is 1.91. The van der Waals surface area contributed by atoms with Crippen LogP contribution in [0.4, 0.5) is 0 Å². The van der Waals surface area contributed by atoms with Crippen LogP contribution in [0.3, 0.4) is 0 Å². The Labute approximate surface area is 119 Å². The fourth-order valence-electron chi connectivity index (χ4n) is 2.81. The number of hydrogen-bond donors (Lipinski definition) is 2. The summed E-state index contributed by atoms with van der Waals surface area (Å²) in [5.74, 6) is 0.964. The first-order valence-corrected chi connectivity index (χ1v) is 8.05. The Morgan fingerprint density at radius 3 is 2.84 bits per heavy atom. The molecule has 4 heteroatoms. The second-order valence-electron chi connectivity index (χ2n) is 5.67. The van der Waals surface area contributed by atoms with Crippen LogP contribution in [0.15, 0.2) is 11.4 Å². The molecule has 1 heterocycles. The van der Waals surface area contributed by atoms with E-state index < -0.39 is 5.97 Å². The molecule has 0 bridgehead atoms.